The van der Waals surface area contributed by atoms with Crippen LogP contribution in [0.15, 0.2) is 36.7 Å². The van der Waals surface area contributed by atoms with Gasteiger partial charge in [-0.25, -0.2) is 4.98 Å². The molecule has 2 aromatic rings. The second-order valence-corrected chi connectivity index (χ2v) is 4.69. The Balaban J connectivity index is 1.95. The van der Waals surface area contributed by atoms with Crippen LogP contribution in [0.4, 0.5) is 0 Å². The van der Waals surface area contributed by atoms with Crippen LogP contribution < -0.4 is 0 Å². The number of imidazole rings is 1. The van der Waals surface area contributed by atoms with Crippen molar-refractivity contribution in [3.05, 3.63) is 53.6 Å². The fourth-order valence-corrected chi connectivity index (χ4v) is 2.76. The van der Waals surface area contributed by atoms with E-state index in [-0.39, 0.29) is 5.92 Å². The van der Waals surface area contributed by atoms with E-state index in [0.29, 0.717) is 0 Å². The Morgan fingerprint density at radius 3 is 3.00 bits per heavy atom. The summed E-state index contributed by atoms with van der Waals surface area (Å²) in [6.45, 7) is 0. The highest BCUT2D eigenvalue weighted by Crippen LogP contribution is 2.40. The highest BCUT2D eigenvalue weighted by Gasteiger charge is 2.31. The molecule has 1 aliphatic carbocycles. The first-order valence-corrected chi connectivity index (χ1v) is 6.00. The summed E-state index contributed by atoms with van der Waals surface area (Å²) in [7, 11) is 1.92. The number of aliphatic hydroxyl groups is 1. The molecule has 2 atom stereocenters. The minimum absolute atomic E-state index is 0.187. The lowest BCUT2D eigenvalue weighted by Crippen LogP contribution is -2.13. The number of hydrogen-bond donors (Lipinski definition) is 1. The van der Waals surface area contributed by atoms with Gasteiger partial charge in [0.15, 0.2) is 0 Å². The molecule has 0 saturated heterocycles. The Bertz CT molecular complexity index is 533. The Labute approximate surface area is 101 Å². The molecule has 0 saturated carbocycles. The molecule has 0 amide bonds. The summed E-state index contributed by atoms with van der Waals surface area (Å²) in [6, 6.07) is 8.39. The molecule has 3 heteroatoms. The van der Waals surface area contributed by atoms with Crippen molar-refractivity contribution in [2.24, 2.45) is 7.05 Å². The second kappa shape index (κ2) is 4.00. The molecule has 0 fully saturated rings. The maximum Gasteiger partial charge on any atom is 0.137 e. The van der Waals surface area contributed by atoms with Crippen molar-refractivity contribution in [2.75, 3.05) is 0 Å². The molecule has 0 aliphatic heterocycles. The highest BCUT2D eigenvalue weighted by molar-refractivity contribution is 5.36. The van der Waals surface area contributed by atoms with E-state index in [1.165, 1.54) is 11.1 Å². The number of benzene rings is 1. The molecule has 88 valence electrons. The van der Waals surface area contributed by atoms with Crippen LogP contribution in [0.3, 0.4) is 0 Å². The van der Waals surface area contributed by atoms with Gasteiger partial charge < -0.3 is 9.67 Å². The van der Waals surface area contributed by atoms with Gasteiger partial charge in [-0.1, -0.05) is 24.3 Å². The van der Waals surface area contributed by atoms with E-state index in [1.54, 1.807) is 6.20 Å². The molecule has 17 heavy (non-hydrogen) atoms. The van der Waals surface area contributed by atoms with Crippen molar-refractivity contribution in [2.45, 2.75) is 24.9 Å². The molecule has 3 rings (SSSR count). The first-order chi connectivity index (χ1) is 8.27. The molecule has 2 unspecified atom stereocenters. The summed E-state index contributed by atoms with van der Waals surface area (Å²) in [4.78, 5) is 4.25. The summed E-state index contributed by atoms with van der Waals surface area (Å²) in [5.74, 6) is 0.944. The maximum atomic E-state index is 10.5. The van der Waals surface area contributed by atoms with Crippen LogP contribution in [0.1, 0.15) is 35.4 Å². The summed E-state index contributed by atoms with van der Waals surface area (Å²) in [6.07, 6.45) is 5.17. The van der Waals surface area contributed by atoms with E-state index in [1.807, 2.05) is 23.9 Å². The molecular formula is C14H16N2O. The fourth-order valence-electron chi connectivity index (χ4n) is 2.76. The predicted octanol–water partition coefficient (Wildman–Crippen LogP) is 2.18. The SMILES string of the molecule is Cn1ccnc1C(O)C1CCc2ccccc21. The Morgan fingerprint density at radius 1 is 1.41 bits per heavy atom. The number of aliphatic hydroxyl groups excluding tert-OH is 1. The van der Waals surface area contributed by atoms with Crippen molar-refractivity contribution in [1.82, 2.24) is 9.55 Å². The largest absolute Gasteiger partial charge is 0.385 e. The van der Waals surface area contributed by atoms with Crippen molar-refractivity contribution in [3.63, 3.8) is 0 Å². The zero-order valence-electron chi connectivity index (χ0n) is 9.87. The molecule has 0 bridgehead atoms. The monoisotopic (exact) mass is 228 g/mol. The molecule has 3 nitrogen and oxygen atoms in total. The number of fused-ring (bicyclic) bond motifs is 1. The summed E-state index contributed by atoms with van der Waals surface area (Å²) < 4.78 is 1.89. The third kappa shape index (κ3) is 1.67. The zero-order chi connectivity index (χ0) is 11.8. The van der Waals surface area contributed by atoms with Gasteiger partial charge in [-0.2, -0.15) is 0 Å². The van der Waals surface area contributed by atoms with Crippen LogP contribution in [-0.4, -0.2) is 14.7 Å². The first kappa shape index (κ1) is 10.5. The maximum absolute atomic E-state index is 10.5. The van der Waals surface area contributed by atoms with Crippen LogP contribution >= 0.6 is 0 Å². The Kier molecular flexibility index (Phi) is 2.48. The van der Waals surface area contributed by atoms with Crippen molar-refractivity contribution in [1.29, 1.82) is 0 Å². The van der Waals surface area contributed by atoms with E-state index >= 15 is 0 Å². The lowest BCUT2D eigenvalue weighted by molar-refractivity contribution is 0.132. The molecule has 0 radical (unpaired) electrons. The van der Waals surface area contributed by atoms with Crippen LogP contribution in [-0.2, 0) is 13.5 Å². The zero-order valence-corrected chi connectivity index (χ0v) is 9.87. The minimum Gasteiger partial charge on any atom is -0.385 e. The summed E-state index contributed by atoms with van der Waals surface area (Å²) in [5, 5.41) is 10.5. The number of rotatable bonds is 2. The van der Waals surface area contributed by atoms with Gasteiger partial charge in [0.25, 0.3) is 0 Å². The molecule has 0 spiro atoms. The number of hydrogen-bond acceptors (Lipinski definition) is 2. The van der Waals surface area contributed by atoms with Crippen LogP contribution in [0.2, 0.25) is 0 Å². The lowest BCUT2D eigenvalue weighted by Gasteiger charge is -2.18. The van der Waals surface area contributed by atoms with E-state index in [9.17, 15) is 5.11 Å². The van der Waals surface area contributed by atoms with Crippen molar-refractivity contribution in [3.8, 4) is 0 Å². The smallest absolute Gasteiger partial charge is 0.137 e. The fraction of sp³-hybridized carbons (Fsp3) is 0.357. The molecule has 1 aliphatic rings. The predicted molar refractivity (Wildman–Crippen MR) is 65.7 cm³/mol. The lowest BCUT2D eigenvalue weighted by atomic mass is 9.95. The molecule has 1 N–H and O–H groups in total. The Hall–Kier alpha value is -1.61. The summed E-state index contributed by atoms with van der Waals surface area (Å²) in [5.41, 5.74) is 2.65. The first-order valence-electron chi connectivity index (χ1n) is 6.00. The van der Waals surface area contributed by atoms with Crippen molar-refractivity contribution < 1.29 is 5.11 Å². The third-order valence-corrected chi connectivity index (χ3v) is 3.68. The standard InChI is InChI=1S/C14H16N2O/c1-16-9-8-15-14(16)13(17)12-7-6-10-4-2-3-5-11(10)12/h2-5,8-9,12-13,17H,6-7H2,1H3. The van der Waals surface area contributed by atoms with Gasteiger partial charge in [-0.3, -0.25) is 0 Å². The van der Waals surface area contributed by atoms with Gasteiger partial charge >= 0.3 is 0 Å². The molecular weight excluding hydrogens is 212 g/mol. The van der Waals surface area contributed by atoms with Gasteiger partial charge in [0.2, 0.25) is 0 Å². The van der Waals surface area contributed by atoms with Crippen molar-refractivity contribution >= 4 is 0 Å². The average molecular weight is 228 g/mol. The van der Waals surface area contributed by atoms with Gasteiger partial charge in [-0.15, -0.1) is 0 Å². The molecule has 1 aromatic carbocycles. The minimum atomic E-state index is -0.501. The van der Waals surface area contributed by atoms with Gasteiger partial charge in [0, 0.05) is 25.4 Å². The van der Waals surface area contributed by atoms with E-state index in [0.717, 1.165) is 18.7 Å². The highest BCUT2D eigenvalue weighted by atomic mass is 16.3. The average Bonchev–Trinajstić information content (AvgIpc) is 2.94. The van der Waals surface area contributed by atoms with Gasteiger partial charge in [0.1, 0.15) is 11.9 Å². The van der Waals surface area contributed by atoms with Crippen LogP contribution in [0, 0.1) is 0 Å². The normalized spacial score (nSPS) is 20.2. The number of aromatic nitrogens is 2. The molecule has 1 heterocycles. The van der Waals surface area contributed by atoms with Gasteiger partial charge in [-0.05, 0) is 24.0 Å². The van der Waals surface area contributed by atoms with Crippen LogP contribution in [0.5, 0.6) is 0 Å². The third-order valence-electron chi connectivity index (χ3n) is 3.68. The van der Waals surface area contributed by atoms with E-state index in [2.05, 4.69) is 23.2 Å². The number of aryl methyl sites for hydroxylation is 2. The quantitative estimate of drug-likeness (QED) is 0.855. The van der Waals surface area contributed by atoms with E-state index in [4.69, 9.17) is 0 Å². The van der Waals surface area contributed by atoms with Crippen LogP contribution in [0.25, 0.3) is 0 Å². The summed E-state index contributed by atoms with van der Waals surface area (Å²) >= 11 is 0. The Morgan fingerprint density at radius 2 is 2.24 bits per heavy atom. The second-order valence-electron chi connectivity index (χ2n) is 4.69. The number of nitrogens with zero attached hydrogens (tertiary/aromatic N) is 2. The van der Waals surface area contributed by atoms with E-state index < -0.39 is 6.10 Å². The van der Waals surface area contributed by atoms with Gasteiger partial charge in [0.05, 0.1) is 0 Å². The molecule has 1 aromatic heterocycles. The topological polar surface area (TPSA) is 38.0 Å².